The molecule has 384 valence electrons. The summed E-state index contributed by atoms with van der Waals surface area (Å²) < 4.78 is 7.21. The number of nitrogens with one attached hydrogen (secondary N) is 1. The van der Waals surface area contributed by atoms with Crippen LogP contribution >= 0.6 is 15.9 Å². The van der Waals surface area contributed by atoms with Crippen LogP contribution in [0.2, 0.25) is 0 Å². The molecule has 6 heterocycles. The van der Waals surface area contributed by atoms with E-state index in [4.69, 9.17) is 15.0 Å². The van der Waals surface area contributed by atoms with Gasteiger partial charge >= 0.3 is 0 Å². The van der Waals surface area contributed by atoms with Crippen LogP contribution in [0.5, 0.6) is 0 Å². The van der Waals surface area contributed by atoms with E-state index in [0.29, 0.717) is 34.0 Å². The summed E-state index contributed by atoms with van der Waals surface area (Å²) in [5.74, 6) is 3.22. The number of hydrogen-bond donors (Lipinski definition) is 1. The number of rotatable bonds is 7. The van der Waals surface area contributed by atoms with Gasteiger partial charge < -0.3 is 14.1 Å². The molecular formula is C70H47BrN10. The van der Waals surface area contributed by atoms with Gasteiger partial charge in [-0.3, -0.25) is 4.57 Å². The molecule has 0 spiro atoms. The summed E-state index contributed by atoms with van der Waals surface area (Å²) in [5.41, 5.74) is 13.1. The van der Waals surface area contributed by atoms with Crippen LogP contribution in [0, 0.1) is 0 Å². The molecule has 0 saturated carbocycles. The number of hydrogen-bond acceptors (Lipinski definition) is 6. The van der Waals surface area contributed by atoms with Gasteiger partial charge in [-0.2, -0.15) is 9.97 Å². The Morgan fingerprint density at radius 2 is 0.704 bits per heavy atom. The summed E-state index contributed by atoms with van der Waals surface area (Å²) in [6.45, 7) is 0. The van der Waals surface area contributed by atoms with Crippen molar-refractivity contribution in [1.82, 2.24) is 48.6 Å². The van der Waals surface area contributed by atoms with Crippen molar-refractivity contribution in [2.45, 2.75) is 0 Å². The number of para-hydroxylation sites is 4. The lowest BCUT2D eigenvalue weighted by atomic mass is 10.1. The molecule has 0 saturated heterocycles. The van der Waals surface area contributed by atoms with Crippen molar-refractivity contribution in [3.05, 3.63) is 284 Å². The first-order valence-corrected chi connectivity index (χ1v) is 27.4. The van der Waals surface area contributed by atoms with E-state index in [1.165, 1.54) is 38.4 Å². The van der Waals surface area contributed by atoms with Gasteiger partial charge in [-0.05, 0) is 76.6 Å². The lowest BCUT2D eigenvalue weighted by molar-refractivity contribution is 0.955. The monoisotopic (exact) mass is 1110 g/mol. The molecule has 0 fully saturated rings. The second-order valence-corrected chi connectivity index (χ2v) is 20.1. The molecule has 0 radical (unpaired) electrons. The predicted octanol–water partition coefficient (Wildman–Crippen LogP) is 17.5. The average Bonchev–Trinajstić information content (AvgIpc) is 4.53. The fraction of sp³-hybridized carbons (Fsp3) is 0. The van der Waals surface area contributed by atoms with Gasteiger partial charge in [-0.25, -0.2) is 19.9 Å². The van der Waals surface area contributed by atoms with E-state index in [1.54, 1.807) is 0 Å². The fourth-order valence-electron chi connectivity index (χ4n) is 10.7. The van der Waals surface area contributed by atoms with Crippen molar-refractivity contribution in [2.24, 2.45) is 0 Å². The highest BCUT2D eigenvalue weighted by atomic mass is 79.9. The summed E-state index contributed by atoms with van der Waals surface area (Å²) in [4.78, 5) is 31.8. The van der Waals surface area contributed by atoms with Crippen LogP contribution in [0.3, 0.4) is 0 Å². The highest BCUT2D eigenvalue weighted by Gasteiger charge is 2.21. The summed E-state index contributed by atoms with van der Waals surface area (Å²) >= 11 is 3.35. The largest absolute Gasteiger partial charge is 0.354 e. The second kappa shape index (κ2) is 21.3. The Hall–Kier alpha value is -10.6. The van der Waals surface area contributed by atoms with E-state index >= 15 is 0 Å². The molecule has 1 N–H and O–H groups in total. The number of H-pyrrole nitrogens is 1. The number of aromatic nitrogens is 10. The SMILES string of the molecule is Brc1nc(-c2ccccc2)nc(-c2ccccc2)n1.c1ccc(-c2nc(-c3ccccc3)nc(-n3c4ccccc4c4ccc5c(ccn5-c5ccccc5)c43)n2)cc1.c1ccc(-n2ccc3c4[nH]c5ccccc5c4ccc32)cc1. The second-order valence-electron chi connectivity index (χ2n) is 19.4. The molecule has 0 bridgehead atoms. The van der Waals surface area contributed by atoms with E-state index in [-0.39, 0.29) is 0 Å². The van der Waals surface area contributed by atoms with Crippen molar-refractivity contribution in [3.8, 4) is 62.9 Å². The van der Waals surface area contributed by atoms with Gasteiger partial charge in [0.25, 0.3) is 0 Å². The predicted molar refractivity (Wildman–Crippen MR) is 333 cm³/mol. The topological polar surface area (TPSA) is 108 Å². The van der Waals surface area contributed by atoms with Crippen LogP contribution in [-0.2, 0) is 0 Å². The van der Waals surface area contributed by atoms with Crippen LogP contribution in [0.1, 0.15) is 0 Å². The lowest BCUT2D eigenvalue weighted by Crippen LogP contribution is -2.06. The Bertz CT molecular complexity index is 4750. The van der Waals surface area contributed by atoms with Gasteiger partial charge in [0.15, 0.2) is 23.3 Å². The Morgan fingerprint density at radius 1 is 0.296 bits per heavy atom. The van der Waals surface area contributed by atoms with Gasteiger partial charge in [0, 0.05) is 83.9 Å². The van der Waals surface area contributed by atoms with Gasteiger partial charge in [0.1, 0.15) is 0 Å². The van der Waals surface area contributed by atoms with Crippen molar-refractivity contribution in [3.63, 3.8) is 0 Å². The lowest BCUT2D eigenvalue weighted by Gasteiger charge is -2.11. The molecule has 81 heavy (non-hydrogen) atoms. The molecule has 0 atom stereocenters. The summed E-state index contributed by atoms with van der Waals surface area (Å²) in [6, 6.07) is 91.0. The van der Waals surface area contributed by atoms with Crippen molar-refractivity contribution in [2.75, 3.05) is 0 Å². The van der Waals surface area contributed by atoms with E-state index < -0.39 is 0 Å². The third-order valence-electron chi connectivity index (χ3n) is 14.5. The van der Waals surface area contributed by atoms with Crippen LogP contribution < -0.4 is 0 Å². The zero-order chi connectivity index (χ0) is 54.1. The van der Waals surface area contributed by atoms with Crippen LogP contribution in [0.25, 0.3) is 128 Å². The smallest absolute Gasteiger partial charge is 0.238 e. The molecule has 6 aromatic heterocycles. The molecule has 11 heteroatoms. The first kappa shape index (κ1) is 48.7. The maximum absolute atomic E-state index is 5.08. The molecule has 16 rings (SSSR count). The molecule has 10 nitrogen and oxygen atoms in total. The van der Waals surface area contributed by atoms with E-state index in [1.807, 2.05) is 133 Å². The number of aromatic amines is 1. The van der Waals surface area contributed by atoms with Crippen molar-refractivity contribution in [1.29, 1.82) is 0 Å². The Kier molecular flexibility index (Phi) is 12.8. The molecule has 0 unspecified atom stereocenters. The minimum absolute atomic E-state index is 0.542. The highest BCUT2D eigenvalue weighted by molar-refractivity contribution is 9.10. The maximum Gasteiger partial charge on any atom is 0.238 e. The van der Waals surface area contributed by atoms with Gasteiger partial charge in [0.05, 0.1) is 27.6 Å². The van der Waals surface area contributed by atoms with E-state index in [2.05, 4.69) is 195 Å². The Balaban J connectivity index is 0.000000121. The number of fused-ring (bicyclic) bond motifs is 10. The summed E-state index contributed by atoms with van der Waals surface area (Å²) in [7, 11) is 0. The Labute approximate surface area is 474 Å². The molecule has 0 aliphatic carbocycles. The van der Waals surface area contributed by atoms with Crippen LogP contribution in [0.15, 0.2) is 284 Å². The van der Waals surface area contributed by atoms with Crippen molar-refractivity contribution < 1.29 is 0 Å². The Morgan fingerprint density at radius 3 is 1.22 bits per heavy atom. The number of benzene rings is 10. The first-order chi connectivity index (χ1) is 40.1. The molecule has 10 aromatic carbocycles. The maximum atomic E-state index is 5.08. The number of nitrogens with zero attached hydrogens (tertiary/aromatic N) is 9. The van der Waals surface area contributed by atoms with E-state index in [9.17, 15) is 0 Å². The number of halogens is 1. The van der Waals surface area contributed by atoms with Crippen LogP contribution in [0.4, 0.5) is 0 Å². The van der Waals surface area contributed by atoms with E-state index in [0.717, 1.165) is 60.6 Å². The zero-order valence-corrected chi connectivity index (χ0v) is 45.0. The van der Waals surface area contributed by atoms with Gasteiger partial charge in [0.2, 0.25) is 10.7 Å². The highest BCUT2D eigenvalue weighted by Crippen LogP contribution is 2.38. The standard InChI is InChI=1S/C35H23N5.C20H14N2.C15H10BrN3/c1-4-12-24(13-5-1)33-36-34(25-14-6-2-7-15-25)38-35(37-33)40-31-19-11-10-18-27(31)28-20-21-30-29(32(28)40)22-23-39(30)26-16-8-3-9-17-26;1-2-6-14(7-3-1)22-13-12-17-19(22)11-10-16-15-8-4-5-9-18(15)21-20(16)17;16-15-18-13(11-7-3-1-4-8-11)17-14(19-15)12-9-5-2-6-10-12/h1-23H;1-13,21H;1-10H. The summed E-state index contributed by atoms with van der Waals surface area (Å²) in [6.07, 6.45) is 4.28. The molecule has 0 amide bonds. The van der Waals surface area contributed by atoms with Gasteiger partial charge in [-0.1, -0.05) is 206 Å². The average molecular weight is 1110 g/mol. The van der Waals surface area contributed by atoms with Crippen molar-refractivity contribution >= 4 is 81.3 Å². The summed E-state index contributed by atoms with van der Waals surface area (Å²) in [5, 5.41) is 7.30. The first-order valence-electron chi connectivity index (χ1n) is 26.6. The molecule has 16 aromatic rings. The molecule has 0 aliphatic heterocycles. The molecule has 0 aliphatic rings. The van der Waals surface area contributed by atoms with Crippen LogP contribution in [-0.4, -0.2) is 48.6 Å². The molecular weight excluding hydrogens is 1060 g/mol. The quantitative estimate of drug-likeness (QED) is 0.170. The fourth-order valence-corrected chi connectivity index (χ4v) is 11.1. The zero-order valence-electron chi connectivity index (χ0n) is 43.5. The third kappa shape index (κ3) is 9.37. The normalized spacial score (nSPS) is 11.3. The van der Waals surface area contributed by atoms with Gasteiger partial charge in [-0.15, -0.1) is 0 Å². The minimum Gasteiger partial charge on any atom is -0.354 e. The third-order valence-corrected chi connectivity index (χ3v) is 14.8. The minimum atomic E-state index is 0.542.